The summed E-state index contributed by atoms with van der Waals surface area (Å²) in [5, 5.41) is 12.5. The Kier molecular flexibility index (Phi) is 7.15. The molecule has 7 nitrogen and oxygen atoms in total. The molecular formula is C28H34N2O5. The predicted molar refractivity (Wildman–Crippen MR) is 133 cm³/mol. The predicted octanol–water partition coefficient (Wildman–Crippen LogP) is 4.51. The van der Waals surface area contributed by atoms with Crippen molar-refractivity contribution in [3.63, 3.8) is 0 Å². The van der Waals surface area contributed by atoms with Gasteiger partial charge in [-0.05, 0) is 46.4 Å². The molecule has 2 aliphatic rings. The zero-order valence-corrected chi connectivity index (χ0v) is 20.7. The Bertz CT molecular complexity index is 1070. The highest BCUT2D eigenvalue weighted by atomic mass is 16.5. The number of alkyl carbamates (subject to hydrolysis) is 1. The lowest BCUT2D eigenvalue weighted by Crippen LogP contribution is -2.60. The molecule has 7 heteroatoms. The van der Waals surface area contributed by atoms with Crippen LogP contribution in [0.25, 0.3) is 11.1 Å². The lowest BCUT2D eigenvalue weighted by Gasteiger charge is -2.42. The topological polar surface area (TPSA) is 95.9 Å². The molecule has 0 bridgehead atoms. The number of carboxylic acids is 1. The van der Waals surface area contributed by atoms with Gasteiger partial charge in [0.2, 0.25) is 5.91 Å². The number of nitrogens with zero attached hydrogens (tertiary/aromatic N) is 1. The Hall–Kier alpha value is -3.35. The van der Waals surface area contributed by atoms with Gasteiger partial charge in [-0.1, -0.05) is 76.2 Å². The molecule has 35 heavy (non-hydrogen) atoms. The van der Waals surface area contributed by atoms with Gasteiger partial charge in [-0.15, -0.1) is 0 Å². The minimum Gasteiger partial charge on any atom is -0.480 e. The van der Waals surface area contributed by atoms with E-state index in [0.717, 1.165) is 28.7 Å². The normalized spacial score (nSPS) is 22.3. The molecule has 0 aromatic heterocycles. The van der Waals surface area contributed by atoms with E-state index in [-0.39, 0.29) is 36.2 Å². The lowest BCUT2D eigenvalue weighted by molar-refractivity contribution is -0.157. The molecule has 3 unspecified atom stereocenters. The van der Waals surface area contributed by atoms with Crippen molar-refractivity contribution in [3.8, 4) is 11.1 Å². The molecule has 2 N–H and O–H groups in total. The number of carboxylic acid groups (broad SMARTS) is 1. The van der Waals surface area contributed by atoms with E-state index < -0.39 is 24.1 Å². The van der Waals surface area contributed by atoms with Crippen molar-refractivity contribution in [2.45, 2.75) is 52.1 Å². The highest BCUT2D eigenvalue weighted by Gasteiger charge is 2.42. The molecule has 1 aliphatic carbocycles. The first kappa shape index (κ1) is 24.8. The van der Waals surface area contributed by atoms with E-state index >= 15 is 0 Å². The third-order valence-electron chi connectivity index (χ3n) is 7.24. The van der Waals surface area contributed by atoms with E-state index in [1.807, 2.05) is 64.1 Å². The molecule has 4 atom stereocenters. The summed E-state index contributed by atoms with van der Waals surface area (Å²) in [4.78, 5) is 39.7. The van der Waals surface area contributed by atoms with Gasteiger partial charge >= 0.3 is 12.1 Å². The maximum atomic E-state index is 13.5. The molecule has 0 spiro atoms. The summed E-state index contributed by atoms with van der Waals surface area (Å²) in [6, 6.07) is 14.4. The maximum absolute atomic E-state index is 13.5. The number of hydrogen-bond acceptors (Lipinski definition) is 4. The second kappa shape index (κ2) is 10.1. The van der Waals surface area contributed by atoms with Gasteiger partial charge < -0.3 is 20.1 Å². The van der Waals surface area contributed by atoms with Crippen LogP contribution in [0.2, 0.25) is 0 Å². The highest BCUT2D eigenvalue weighted by molar-refractivity contribution is 5.90. The van der Waals surface area contributed by atoms with Gasteiger partial charge in [0.1, 0.15) is 18.7 Å². The Morgan fingerprint density at radius 3 is 2.14 bits per heavy atom. The van der Waals surface area contributed by atoms with E-state index in [2.05, 4.69) is 17.4 Å². The van der Waals surface area contributed by atoms with Crippen molar-refractivity contribution in [1.82, 2.24) is 10.2 Å². The first-order chi connectivity index (χ1) is 16.7. The van der Waals surface area contributed by atoms with Crippen molar-refractivity contribution in [3.05, 3.63) is 59.7 Å². The van der Waals surface area contributed by atoms with Crippen LogP contribution in [0.3, 0.4) is 0 Å². The fourth-order valence-electron chi connectivity index (χ4n) is 5.66. The van der Waals surface area contributed by atoms with E-state index in [1.54, 1.807) is 0 Å². The number of fused-ring (bicyclic) bond motifs is 3. The number of ether oxygens (including phenoxy) is 1. The van der Waals surface area contributed by atoms with Crippen molar-refractivity contribution in [2.24, 2.45) is 17.8 Å². The van der Waals surface area contributed by atoms with E-state index in [1.165, 1.54) is 4.90 Å². The van der Waals surface area contributed by atoms with Crippen LogP contribution >= 0.6 is 0 Å². The average Bonchev–Trinajstić information content (AvgIpc) is 3.13. The number of amides is 2. The smallest absolute Gasteiger partial charge is 0.407 e. The fraction of sp³-hybridized carbons (Fsp3) is 0.464. The van der Waals surface area contributed by atoms with E-state index in [4.69, 9.17) is 4.74 Å². The summed E-state index contributed by atoms with van der Waals surface area (Å²) in [5.41, 5.74) is 4.50. The summed E-state index contributed by atoms with van der Waals surface area (Å²) in [7, 11) is 0. The number of aliphatic carboxylic acids is 1. The Morgan fingerprint density at radius 2 is 1.60 bits per heavy atom. The molecule has 0 radical (unpaired) electrons. The quantitative estimate of drug-likeness (QED) is 0.637. The first-order valence-electron chi connectivity index (χ1n) is 12.3. The summed E-state index contributed by atoms with van der Waals surface area (Å²) in [6.45, 7) is 8.04. The van der Waals surface area contributed by atoms with Crippen molar-refractivity contribution in [2.75, 3.05) is 13.2 Å². The standard InChI is InChI=1S/C28H34N2O5/c1-16(2)24(26(31)30-14-17(3)13-18(4)25(30)27(32)33)29-28(34)35-15-23-21-11-7-5-9-19(21)20-10-6-8-12-22(20)23/h5-12,16-18,23-25H,13-15H2,1-4H3,(H,29,34)(H,32,33)/t17?,18?,24-,25?/m1/s1. The van der Waals surface area contributed by atoms with Gasteiger partial charge in [0, 0.05) is 12.5 Å². The molecule has 1 aliphatic heterocycles. The van der Waals surface area contributed by atoms with Gasteiger partial charge in [0.05, 0.1) is 0 Å². The van der Waals surface area contributed by atoms with Crippen molar-refractivity contribution < 1.29 is 24.2 Å². The number of benzene rings is 2. The molecule has 2 aromatic rings. The Morgan fingerprint density at radius 1 is 1.03 bits per heavy atom. The largest absolute Gasteiger partial charge is 0.480 e. The molecule has 2 amide bonds. The van der Waals surface area contributed by atoms with Crippen molar-refractivity contribution in [1.29, 1.82) is 0 Å². The van der Waals surface area contributed by atoms with Crippen LogP contribution in [0.15, 0.2) is 48.5 Å². The Labute approximate surface area is 206 Å². The monoisotopic (exact) mass is 478 g/mol. The van der Waals surface area contributed by atoms with Crippen molar-refractivity contribution >= 4 is 18.0 Å². The number of likely N-dealkylation sites (tertiary alicyclic amines) is 1. The van der Waals surface area contributed by atoms with Crippen LogP contribution in [-0.2, 0) is 14.3 Å². The summed E-state index contributed by atoms with van der Waals surface area (Å²) in [6.07, 6.45) is 0.0660. The molecule has 186 valence electrons. The maximum Gasteiger partial charge on any atom is 0.407 e. The minimum absolute atomic E-state index is 0.0819. The third-order valence-corrected chi connectivity index (χ3v) is 7.24. The van der Waals surface area contributed by atoms with Crippen LogP contribution < -0.4 is 5.32 Å². The average molecular weight is 479 g/mol. The van der Waals surface area contributed by atoms with Gasteiger partial charge in [-0.3, -0.25) is 4.79 Å². The number of carbonyl (C=O) groups excluding carboxylic acids is 2. The summed E-state index contributed by atoms with van der Waals surface area (Å²) < 4.78 is 5.64. The molecule has 4 rings (SSSR count). The number of piperidine rings is 1. The highest BCUT2D eigenvalue weighted by Crippen LogP contribution is 2.44. The first-order valence-corrected chi connectivity index (χ1v) is 12.3. The van der Waals surface area contributed by atoms with Gasteiger partial charge in [0.25, 0.3) is 0 Å². The second-order valence-electron chi connectivity index (χ2n) is 10.3. The second-order valence-corrected chi connectivity index (χ2v) is 10.3. The van der Waals surface area contributed by atoms with Crippen LogP contribution in [0.1, 0.15) is 51.2 Å². The van der Waals surface area contributed by atoms with Gasteiger partial charge in [0.15, 0.2) is 0 Å². The molecule has 1 saturated heterocycles. The number of rotatable bonds is 6. The number of nitrogens with one attached hydrogen (secondary N) is 1. The zero-order valence-electron chi connectivity index (χ0n) is 20.7. The molecule has 1 heterocycles. The lowest BCUT2D eigenvalue weighted by atomic mass is 9.84. The Balaban J connectivity index is 1.46. The zero-order chi connectivity index (χ0) is 25.3. The third kappa shape index (κ3) is 4.90. The summed E-state index contributed by atoms with van der Waals surface area (Å²) in [5.74, 6) is -1.68. The van der Waals surface area contributed by atoms with E-state index in [0.29, 0.717) is 6.54 Å². The van der Waals surface area contributed by atoms with Crippen LogP contribution in [-0.4, -0.2) is 53.2 Å². The minimum atomic E-state index is -1.01. The van der Waals surface area contributed by atoms with Crippen LogP contribution in [0.4, 0.5) is 4.79 Å². The van der Waals surface area contributed by atoms with Gasteiger partial charge in [-0.25, -0.2) is 9.59 Å². The molecule has 1 fully saturated rings. The SMILES string of the molecule is CC1CC(C)C(C(=O)O)N(C(=O)[C@H](NC(=O)OCC2c3ccccc3-c3ccccc32)C(C)C)C1. The molecule has 0 saturated carbocycles. The van der Waals surface area contributed by atoms with Crippen LogP contribution in [0.5, 0.6) is 0 Å². The fourth-order valence-corrected chi connectivity index (χ4v) is 5.66. The number of hydrogen-bond donors (Lipinski definition) is 2. The number of carbonyl (C=O) groups is 3. The van der Waals surface area contributed by atoms with Crippen LogP contribution in [0, 0.1) is 17.8 Å². The van der Waals surface area contributed by atoms with E-state index in [9.17, 15) is 19.5 Å². The summed E-state index contributed by atoms with van der Waals surface area (Å²) >= 11 is 0. The molecule has 2 aromatic carbocycles. The molecular weight excluding hydrogens is 444 g/mol. The van der Waals surface area contributed by atoms with Gasteiger partial charge in [-0.2, -0.15) is 0 Å².